The summed E-state index contributed by atoms with van der Waals surface area (Å²) < 4.78 is 18.9. The molecule has 2 rings (SSSR count). The molecule has 0 amide bonds. The van der Waals surface area contributed by atoms with Crippen molar-refractivity contribution < 1.29 is 9.13 Å². The Morgan fingerprint density at radius 1 is 1.50 bits per heavy atom. The van der Waals surface area contributed by atoms with Crippen LogP contribution in [0, 0.1) is 5.95 Å². The van der Waals surface area contributed by atoms with E-state index in [4.69, 9.17) is 4.74 Å². The number of rotatable bonds is 3. The Kier molecular flexibility index (Phi) is 2.27. The van der Waals surface area contributed by atoms with Gasteiger partial charge >= 0.3 is 0 Å². The number of hydrogen-bond donors (Lipinski definition) is 0. The number of anilines is 1. The zero-order valence-electron chi connectivity index (χ0n) is 8.33. The molecule has 14 heavy (non-hydrogen) atoms. The minimum absolute atomic E-state index is 0.274. The van der Waals surface area contributed by atoms with E-state index in [1.54, 1.807) is 25.1 Å². The molecule has 76 valence electrons. The van der Waals surface area contributed by atoms with Crippen molar-refractivity contribution in [3.05, 3.63) is 18.2 Å². The smallest absolute Gasteiger partial charge is 0.240 e. The van der Waals surface area contributed by atoms with Crippen LogP contribution in [0.3, 0.4) is 0 Å². The Hall–Kier alpha value is -1.32. The summed E-state index contributed by atoms with van der Waals surface area (Å²) in [4.78, 5) is 5.28. The number of halogens is 1. The second-order valence-electron chi connectivity index (χ2n) is 3.66. The fraction of sp³-hybridized carbons (Fsp3) is 0.500. The fourth-order valence-corrected chi connectivity index (χ4v) is 1.28. The molecule has 1 heterocycles. The topological polar surface area (TPSA) is 25.4 Å². The maximum absolute atomic E-state index is 13.3. The molecule has 1 aromatic heterocycles. The molecule has 1 aliphatic rings. The van der Waals surface area contributed by atoms with Crippen molar-refractivity contribution in [2.24, 2.45) is 0 Å². The average molecular weight is 196 g/mol. The molecule has 0 atom stereocenters. The van der Waals surface area contributed by atoms with E-state index in [2.05, 4.69) is 4.98 Å². The van der Waals surface area contributed by atoms with Crippen LogP contribution in [0.15, 0.2) is 12.3 Å². The molecule has 0 spiro atoms. The maximum atomic E-state index is 13.3. The normalized spacial score (nSPS) is 15.4. The molecule has 0 bridgehead atoms. The number of pyridine rings is 1. The van der Waals surface area contributed by atoms with Crippen LogP contribution in [0.25, 0.3) is 0 Å². The SMILES string of the molecule is CN(C)c1c(OC2CC2)ccnc1F. The summed E-state index contributed by atoms with van der Waals surface area (Å²) in [6, 6.07) is 1.71. The van der Waals surface area contributed by atoms with Gasteiger partial charge in [-0.15, -0.1) is 0 Å². The molecular weight excluding hydrogens is 183 g/mol. The van der Waals surface area contributed by atoms with Gasteiger partial charge in [-0.3, -0.25) is 0 Å². The first-order valence-electron chi connectivity index (χ1n) is 4.67. The highest BCUT2D eigenvalue weighted by Crippen LogP contribution is 2.33. The lowest BCUT2D eigenvalue weighted by Gasteiger charge is -2.17. The molecule has 0 radical (unpaired) electrons. The third kappa shape index (κ3) is 1.78. The van der Waals surface area contributed by atoms with Crippen LogP contribution in [-0.4, -0.2) is 25.2 Å². The Bertz CT molecular complexity index is 337. The second-order valence-corrected chi connectivity index (χ2v) is 3.66. The zero-order valence-corrected chi connectivity index (χ0v) is 8.33. The monoisotopic (exact) mass is 196 g/mol. The first-order chi connectivity index (χ1) is 6.68. The minimum Gasteiger partial charge on any atom is -0.488 e. The van der Waals surface area contributed by atoms with Crippen LogP contribution in [0.5, 0.6) is 5.75 Å². The van der Waals surface area contributed by atoms with Gasteiger partial charge in [-0.1, -0.05) is 0 Å². The quantitative estimate of drug-likeness (QED) is 0.689. The van der Waals surface area contributed by atoms with Gasteiger partial charge in [0.2, 0.25) is 5.95 Å². The third-order valence-corrected chi connectivity index (χ3v) is 2.11. The van der Waals surface area contributed by atoms with Gasteiger partial charge < -0.3 is 9.64 Å². The number of ether oxygens (including phenoxy) is 1. The van der Waals surface area contributed by atoms with E-state index in [1.165, 1.54) is 6.20 Å². The van der Waals surface area contributed by atoms with Crippen LogP contribution in [-0.2, 0) is 0 Å². The predicted octanol–water partition coefficient (Wildman–Crippen LogP) is 1.83. The van der Waals surface area contributed by atoms with Gasteiger partial charge in [0, 0.05) is 26.4 Å². The summed E-state index contributed by atoms with van der Waals surface area (Å²) in [7, 11) is 3.56. The molecule has 3 nitrogen and oxygen atoms in total. The predicted molar refractivity (Wildman–Crippen MR) is 52.2 cm³/mol. The van der Waals surface area contributed by atoms with Gasteiger partial charge in [0.15, 0.2) is 0 Å². The van der Waals surface area contributed by atoms with Crippen LogP contribution in [0.1, 0.15) is 12.8 Å². The average Bonchev–Trinajstić information content (AvgIpc) is 2.87. The summed E-state index contributed by atoms with van der Waals surface area (Å²) in [6.45, 7) is 0. The lowest BCUT2D eigenvalue weighted by molar-refractivity contribution is 0.301. The Morgan fingerprint density at radius 3 is 2.79 bits per heavy atom. The highest BCUT2D eigenvalue weighted by Gasteiger charge is 2.25. The number of aromatic nitrogens is 1. The Labute approximate surface area is 82.5 Å². The highest BCUT2D eigenvalue weighted by molar-refractivity contribution is 5.56. The van der Waals surface area contributed by atoms with Crippen molar-refractivity contribution >= 4 is 5.69 Å². The van der Waals surface area contributed by atoms with Crippen LogP contribution < -0.4 is 9.64 Å². The number of hydrogen-bond acceptors (Lipinski definition) is 3. The van der Waals surface area contributed by atoms with E-state index in [-0.39, 0.29) is 6.10 Å². The van der Waals surface area contributed by atoms with Gasteiger partial charge in [0.1, 0.15) is 11.4 Å². The molecule has 1 fully saturated rings. The fourth-order valence-electron chi connectivity index (χ4n) is 1.28. The largest absolute Gasteiger partial charge is 0.488 e. The lowest BCUT2D eigenvalue weighted by Crippen LogP contribution is -2.14. The summed E-state index contributed by atoms with van der Waals surface area (Å²) in [5.74, 6) is 0.109. The summed E-state index contributed by atoms with van der Waals surface area (Å²) in [5.41, 5.74) is 0.430. The third-order valence-electron chi connectivity index (χ3n) is 2.11. The first kappa shape index (κ1) is 9.24. The molecule has 0 N–H and O–H groups in total. The molecule has 0 saturated heterocycles. The van der Waals surface area contributed by atoms with Gasteiger partial charge in [-0.2, -0.15) is 4.39 Å². The van der Waals surface area contributed by atoms with Gasteiger partial charge in [-0.05, 0) is 12.8 Å². The molecule has 1 saturated carbocycles. The molecule has 0 aliphatic heterocycles. The summed E-state index contributed by atoms with van der Waals surface area (Å²) in [5, 5.41) is 0. The van der Waals surface area contributed by atoms with Crippen molar-refractivity contribution in [1.82, 2.24) is 4.98 Å². The van der Waals surface area contributed by atoms with Crippen molar-refractivity contribution in [3.63, 3.8) is 0 Å². The first-order valence-corrected chi connectivity index (χ1v) is 4.67. The molecule has 1 aliphatic carbocycles. The van der Waals surface area contributed by atoms with E-state index >= 15 is 0 Å². The van der Waals surface area contributed by atoms with Crippen molar-refractivity contribution in [2.75, 3.05) is 19.0 Å². The van der Waals surface area contributed by atoms with E-state index in [0.29, 0.717) is 11.4 Å². The zero-order chi connectivity index (χ0) is 10.1. The van der Waals surface area contributed by atoms with E-state index in [9.17, 15) is 4.39 Å². The van der Waals surface area contributed by atoms with E-state index in [1.807, 2.05) is 0 Å². The Morgan fingerprint density at radius 2 is 2.21 bits per heavy atom. The molecular formula is C10H13FN2O. The summed E-state index contributed by atoms with van der Waals surface area (Å²) in [6.07, 6.45) is 3.84. The second kappa shape index (κ2) is 3.44. The number of nitrogens with zero attached hydrogens (tertiary/aromatic N) is 2. The van der Waals surface area contributed by atoms with E-state index < -0.39 is 5.95 Å². The maximum Gasteiger partial charge on any atom is 0.240 e. The van der Waals surface area contributed by atoms with Crippen molar-refractivity contribution in [2.45, 2.75) is 18.9 Å². The lowest BCUT2D eigenvalue weighted by atomic mass is 10.3. The van der Waals surface area contributed by atoms with Crippen LogP contribution in [0.2, 0.25) is 0 Å². The van der Waals surface area contributed by atoms with Crippen LogP contribution in [0.4, 0.5) is 10.1 Å². The van der Waals surface area contributed by atoms with Crippen LogP contribution >= 0.6 is 0 Å². The molecule has 0 unspecified atom stereocenters. The van der Waals surface area contributed by atoms with Gasteiger partial charge in [0.05, 0.1) is 6.10 Å². The minimum atomic E-state index is -0.479. The molecule has 0 aromatic carbocycles. The summed E-state index contributed by atoms with van der Waals surface area (Å²) >= 11 is 0. The van der Waals surface area contributed by atoms with E-state index in [0.717, 1.165) is 12.8 Å². The molecule has 4 heteroatoms. The highest BCUT2D eigenvalue weighted by atomic mass is 19.1. The van der Waals surface area contributed by atoms with Gasteiger partial charge in [-0.25, -0.2) is 4.98 Å². The van der Waals surface area contributed by atoms with Gasteiger partial charge in [0.25, 0.3) is 0 Å². The standard InChI is InChI=1S/C10H13FN2O/c1-13(2)9-8(14-7-3-4-7)5-6-12-10(9)11/h5-7H,3-4H2,1-2H3. The molecule has 1 aromatic rings. The van der Waals surface area contributed by atoms with Crippen molar-refractivity contribution in [1.29, 1.82) is 0 Å². The Balaban J connectivity index is 2.30. The van der Waals surface area contributed by atoms with Crippen molar-refractivity contribution in [3.8, 4) is 5.75 Å².